The highest BCUT2D eigenvalue weighted by molar-refractivity contribution is 7.21. The quantitative estimate of drug-likeness (QED) is 0.593. The van der Waals surface area contributed by atoms with Gasteiger partial charge in [-0.15, -0.1) is 11.3 Å². The summed E-state index contributed by atoms with van der Waals surface area (Å²) >= 11 is 7.71. The first-order valence-corrected chi connectivity index (χ1v) is 8.34. The summed E-state index contributed by atoms with van der Waals surface area (Å²) in [5.41, 5.74) is 0.609. The number of halogens is 1. The van der Waals surface area contributed by atoms with Gasteiger partial charge in [0.25, 0.3) is 5.91 Å². The van der Waals surface area contributed by atoms with Crippen LogP contribution in [-0.4, -0.2) is 20.4 Å². The molecule has 0 aliphatic carbocycles. The number of nitrogens with one attached hydrogen (secondary N) is 1. The third-order valence-corrected chi connectivity index (χ3v) is 5.19. The molecule has 0 atom stereocenters. The van der Waals surface area contributed by atoms with Gasteiger partial charge in [0, 0.05) is 22.5 Å². The average Bonchev–Trinajstić information content (AvgIpc) is 3.24. The molecule has 3 aromatic heterocycles. The number of benzene rings is 1. The monoisotopic (exact) mass is 354 g/mol. The summed E-state index contributed by atoms with van der Waals surface area (Å²) < 4.78 is 2.77. The van der Waals surface area contributed by atoms with E-state index in [0.717, 1.165) is 15.9 Å². The van der Waals surface area contributed by atoms with Crippen molar-refractivity contribution in [2.45, 2.75) is 0 Å². The number of pyridine rings is 1. The van der Waals surface area contributed by atoms with E-state index < -0.39 is 0 Å². The fourth-order valence-corrected chi connectivity index (χ4v) is 3.77. The van der Waals surface area contributed by atoms with Gasteiger partial charge in [0.2, 0.25) is 0 Å². The molecule has 3 heterocycles. The molecule has 0 aliphatic heterocycles. The third-order valence-electron chi connectivity index (χ3n) is 3.52. The number of imidazole rings is 1. The van der Waals surface area contributed by atoms with E-state index in [2.05, 4.69) is 15.3 Å². The predicted octanol–water partition coefficient (Wildman–Crippen LogP) is 4.39. The van der Waals surface area contributed by atoms with Gasteiger partial charge in [-0.1, -0.05) is 29.8 Å². The molecule has 0 saturated heterocycles. The van der Waals surface area contributed by atoms with Crippen molar-refractivity contribution in [3.05, 3.63) is 71.2 Å². The minimum Gasteiger partial charge on any atom is -0.320 e. The van der Waals surface area contributed by atoms with E-state index in [0.29, 0.717) is 15.6 Å². The number of hydrogen-bond acceptors (Lipinski definition) is 4. The minimum absolute atomic E-state index is 0.238. The molecule has 1 amide bonds. The SMILES string of the molecule is O=C(Nc1ccc(-n2ccnc2)nc1)c1sc2ccccc2c1Cl. The maximum Gasteiger partial charge on any atom is 0.267 e. The molecule has 0 bridgehead atoms. The number of nitrogens with zero attached hydrogens (tertiary/aromatic N) is 3. The summed E-state index contributed by atoms with van der Waals surface area (Å²) in [5, 5.41) is 4.21. The van der Waals surface area contributed by atoms with Gasteiger partial charge in [-0.3, -0.25) is 9.36 Å². The largest absolute Gasteiger partial charge is 0.320 e. The van der Waals surface area contributed by atoms with Gasteiger partial charge in [-0.25, -0.2) is 9.97 Å². The Hall–Kier alpha value is -2.70. The van der Waals surface area contributed by atoms with Gasteiger partial charge in [-0.2, -0.15) is 0 Å². The zero-order chi connectivity index (χ0) is 16.5. The number of amides is 1. The van der Waals surface area contributed by atoms with Crippen LogP contribution in [0.3, 0.4) is 0 Å². The standard InChI is InChI=1S/C17H11ClN4OS/c18-15-12-3-1-2-4-13(12)24-16(15)17(23)21-11-5-6-14(20-9-11)22-8-7-19-10-22/h1-10H,(H,21,23). The molecule has 0 radical (unpaired) electrons. The number of anilines is 1. The molecule has 118 valence electrons. The van der Waals surface area contributed by atoms with Crippen molar-refractivity contribution in [3.63, 3.8) is 0 Å². The van der Waals surface area contributed by atoms with Gasteiger partial charge in [0.1, 0.15) is 17.0 Å². The van der Waals surface area contributed by atoms with Crippen molar-refractivity contribution >= 4 is 44.6 Å². The Bertz CT molecular complexity index is 1010. The maximum atomic E-state index is 12.5. The van der Waals surface area contributed by atoms with Crippen LogP contribution in [0.4, 0.5) is 5.69 Å². The van der Waals surface area contributed by atoms with Crippen LogP contribution in [0, 0.1) is 0 Å². The Kier molecular flexibility index (Phi) is 3.76. The predicted molar refractivity (Wildman–Crippen MR) is 96.1 cm³/mol. The van der Waals surface area contributed by atoms with Crippen LogP contribution in [0.25, 0.3) is 15.9 Å². The van der Waals surface area contributed by atoms with Crippen molar-refractivity contribution in [2.24, 2.45) is 0 Å². The Morgan fingerprint density at radius 2 is 2.08 bits per heavy atom. The summed E-state index contributed by atoms with van der Waals surface area (Å²) in [6.07, 6.45) is 6.75. The minimum atomic E-state index is -0.238. The first-order valence-electron chi connectivity index (χ1n) is 7.15. The van der Waals surface area contributed by atoms with Crippen LogP contribution in [0.1, 0.15) is 9.67 Å². The summed E-state index contributed by atoms with van der Waals surface area (Å²) in [6, 6.07) is 11.3. The van der Waals surface area contributed by atoms with E-state index >= 15 is 0 Å². The first-order chi connectivity index (χ1) is 11.7. The number of rotatable bonds is 3. The van der Waals surface area contributed by atoms with Gasteiger partial charge >= 0.3 is 0 Å². The van der Waals surface area contributed by atoms with Crippen LogP contribution in [0.5, 0.6) is 0 Å². The zero-order valence-corrected chi connectivity index (χ0v) is 13.9. The number of thiophene rings is 1. The number of carbonyl (C=O) groups excluding carboxylic acids is 1. The van der Waals surface area contributed by atoms with Gasteiger partial charge < -0.3 is 5.32 Å². The van der Waals surface area contributed by atoms with E-state index in [-0.39, 0.29) is 5.91 Å². The van der Waals surface area contributed by atoms with Crippen LogP contribution in [0.15, 0.2) is 61.3 Å². The number of carbonyl (C=O) groups is 1. The molecular weight excluding hydrogens is 344 g/mol. The molecule has 0 spiro atoms. The van der Waals surface area contributed by atoms with Gasteiger partial charge in [-0.05, 0) is 18.2 Å². The number of aromatic nitrogens is 3. The second kappa shape index (κ2) is 6.07. The molecule has 0 saturated carbocycles. The second-order valence-electron chi connectivity index (χ2n) is 5.07. The summed E-state index contributed by atoms with van der Waals surface area (Å²) in [5.74, 6) is 0.490. The smallest absolute Gasteiger partial charge is 0.267 e. The van der Waals surface area contributed by atoms with Crippen LogP contribution >= 0.6 is 22.9 Å². The Morgan fingerprint density at radius 1 is 1.21 bits per heavy atom. The molecule has 4 aromatic rings. The lowest BCUT2D eigenvalue weighted by atomic mass is 10.2. The van der Waals surface area contributed by atoms with Crippen molar-refractivity contribution in [1.29, 1.82) is 0 Å². The average molecular weight is 355 g/mol. The van der Waals surface area contributed by atoms with Crippen LogP contribution in [-0.2, 0) is 0 Å². The molecule has 0 fully saturated rings. The van der Waals surface area contributed by atoms with E-state index in [1.807, 2.05) is 30.3 Å². The molecule has 7 heteroatoms. The lowest BCUT2D eigenvalue weighted by Crippen LogP contribution is -2.11. The van der Waals surface area contributed by atoms with Gasteiger partial charge in [0.05, 0.1) is 16.9 Å². The summed E-state index contributed by atoms with van der Waals surface area (Å²) in [7, 11) is 0. The summed E-state index contributed by atoms with van der Waals surface area (Å²) in [4.78, 5) is 21.3. The van der Waals surface area contributed by atoms with Crippen molar-refractivity contribution in [3.8, 4) is 5.82 Å². The highest BCUT2D eigenvalue weighted by atomic mass is 35.5. The van der Waals surface area contributed by atoms with E-state index in [1.165, 1.54) is 11.3 Å². The zero-order valence-electron chi connectivity index (χ0n) is 12.3. The molecule has 5 nitrogen and oxygen atoms in total. The Morgan fingerprint density at radius 3 is 2.79 bits per heavy atom. The molecular formula is C17H11ClN4OS. The molecule has 4 rings (SSSR count). The van der Waals surface area contributed by atoms with E-state index in [9.17, 15) is 4.79 Å². The van der Waals surface area contributed by atoms with E-state index in [1.54, 1.807) is 35.6 Å². The topological polar surface area (TPSA) is 59.8 Å². The molecule has 24 heavy (non-hydrogen) atoms. The molecule has 0 aliphatic rings. The molecule has 0 unspecified atom stereocenters. The van der Waals surface area contributed by atoms with Crippen LogP contribution in [0.2, 0.25) is 5.02 Å². The summed E-state index contributed by atoms with van der Waals surface area (Å²) in [6.45, 7) is 0. The van der Waals surface area contributed by atoms with Crippen LogP contribution < -0.4 is 5.32 Å². The maximum absolute atomic E-state index is 12.5. The fraction of sp³-hybridized carbons (Fsp3) is 0. The van der Waals surface area contributed by atoms with Gasteiger partial charge in [0.15, 0.2) is 0 Å². The number of fused-ring (bicyclic) bond motifs is 1. The Balaban J connectivity index is 1.58. The van der Waals surface area contributed by atoms with Crippen molar-refractivity contribution < 1.29 is 4.79 Å². The highest BCUT2D eigenvalue weighted by Gasteiger charge is 2.17. The first kappa shape index (κ1) is 14.9. The molecule has 1 aromatic carbocycles. The number of hydrogen-bond donors (Lipinski definition) is 1. The normalized spacial score (nSPS) is 10.9. The molecule has 1 N–H and O–H groups in total. The Labute approximate surface area is 146 Å². The van der Waals surface area contributed by atoms with E-state index in [4.69, 9.17) is 11.6 Å². The fourth-order valence-electron chi connectivity index (χ4n) is 2.36. The third kappa shape index (κ3) is 2.66. The van der Waals surface area contributed by atoms with Crippen molar-refractivity contribution in [2.75, 3.05) is 5.32 Å². The lowest BCUT2D eigenvalue weighted by Gasteiger charge is -2.05. The lowest BCUT2D eigenvalue weighted by molar-refractivity contribution is 0.103. The van der Waals surface area contributed by atoms with Crippen molar-refractivity contribution in [1.82, 2.24) is 14.5 Å². The second-order valence-corrected chi connectivity index (χ2v) is 6.50. The highest BCUT2D eigenvalue weighted by Crippen LogP contribution is 2.35.